The van der Waals surface area contributed by atoms with Crippen molar-refractivity contribution in [1.82, 2.24) is 14.9 Å². The van der Waals surface area contributed by atoms with Gasteiger partial charge < -0.3 is 19.6 Å². The molecule has 7 rings (SSSR count). The Bertz CT molecular complexity index is 1640. The molecule has 0 fully saturated rings. The first-order chi connectivity index (χ1) is 19.3. The van der Waals surface area contributed by atoms with E-state index in [0.717, 1.165) is 17.9 Å². The van der Waals surface area contributed by atoms with Gasteiger partial charge in [-0.25, -0.2) is 9.97 Å². The van der Waals surface area contributed by atoms with Crippen LogP contribution in [0, 0.1) is 20.8 Å². The van der Waals surface area contributed by atoms with Gasteiger partial charge in [0.05, 0.1) is 6.20 Å². The van der Waals surface area contributed by atoms with E-state index in [-0.39, 0.29) is 17.7 Å². The van der Waals surface area contributed by atoms with E-state index in [2.05, 4.69) is 144 Å². The Balaban J connectivity index is 1.33. The lowest BCUT2D eigenvalue weighted by Gasteiger charge is -2.44. The molecule has 3 aliphatic rings. The summed E-state index contributed by atoms with van der Waals surface area (Å²) in [6.07, 6.45) is 9.14. The molecule has 6 nitrogen and oxygen atoms in total. The van der Waals surface area contributed by atoms with E-state index in [4.69, 9.17) is 0 Å². The maximum Gasteiger partial charge on any atom is 0.157 e. The van der Waals surface area contributed by atoms with Gasteiger partial charge in [0.25, 0.3) is 0 Å². The summed E-state index contributed by atoms with van der Waals surface area (Å²) < 4.78 is 0. The standard InChI is InChI=1S/C34H36N6/c1-22-17-23(2)31(24(3)18-22)39-16-15-37(5)34(39,4)28-13-9-7-11-25(28)19-27-26-12-8-10-14-29(26)40-30-20-35-21-36-32(30)38(6)33(27)40/h7-18,20-21,27,33H,19H2,1-6H3. The van der Waals surface area contributed by atoms with Crippen molar-refractivity contribution < 1.29 is 0 Å². The number of likely N-dealkylation sites (N-methyl/N-ethyl adjacent to an activating group) is 1. The highest BCUT2D eigenvalue weighted by Gasteiger charge is 2.49. The Morgan fingerprint density at radius 3 is 2.40 bits per heavy atom. The molecule has 6 heteroatoms. The Morgan fingerprint density at radius 2 is 1.60 bits per heavy atom. The molecule has 0 bridgehead atoms. The number of para-hydroxylation sites is 1. The molecule has 3 unspecified atom stereocenters. The smallest absolute Gasteiger partial charge is 0.157 e. The molecule has 3 aromatic carbocycles. The third-order valence-corrected chi connectivity index (χ3v) is 9.32. The SMILES string of the molecule is Cc1cc(C)c(N2C=CN(C)C2(C)c2ccccc2CC2c3ccccc3N3c4cncnc4N(C)C23)c(C)c1. The predicted molar refractivity (Wildman–Crippen MR) is 163 cm³/mol. The van der Waals surface area contributed by atoms with Crippen molar-refractivity contribution in [3.05, 3.63) is 119 Å². The lowest BCUT2D eigenvalue weighted by molar-refractivity contribution is 0.228. The lowest BCUT2D eigenvalue weighted by Crippen LogP contribution is -2.48. The number of rotatable bonds is 4. The van der Waals surface area contributed by atoms with Crippen LogP contribution in [-0.2, 0) is 12.1 Å². The lowest BCUT2D eigenvalue weighted by atomic mass is 9.85. The van der Waals surface area contributed by atoms with Crippen LogP contribution in [0.25, 0.3) is 0 Å². The second-order valence-corrected chi connectivity index (χ2v) is 11.7. The minimum absolute atomic E-state index is 0.155. The Kier molecular flexibility index (Phi) is 5.46. The fourth-order valence-corrected chi connectivity index (χ4v) is 7.51. The van der Waals surface area contributed by atoms with Crippen LogP contribution in [0.5, 0.6) is 0 Å². The maximum atomic E-state index is 4.66. The molecule has 1 aromatic heterocycles. The summed E-state index contributed by atoms with van der Waals surface area (Å²) in [5, 5.41) is 0. The van der Waals surface area contributed by atoms with Crippen LogP contribution in [0.15, 0.2) is 85.6 Å². The zero-order chi connectivity index (χ0) is 27.8. The number of aryl methyl sites for hydroxylation is 3. The number of hydrogen-bond acceptors (Lipinski definition) is 6. The topological polar surface area (TPSA) is 38.7 Å². The van der Waals surface area contributed by atoms with E-state index in [1.165, 1.54) is 44.8 Å². The highest BCUT2D eigenvalue weighted by atomic mass is 15.5. The fourth-order valence-electron chi connectivity index (χ4n) is 7.51. The quantitative estimate of drug-likeness (QED) is 0.292. The monoisotopic (exact) mass is 528 g/mol. The summed E-state index contributed by atoms with van der Waals surface area (Å²) in [4.78, 5) is 18.6. The van der Waals surface area contributed by atoms with E-state index < -0.39 is 0 Å². The Labute approximate surface area is 237 Å². The number of fused-ring (bicyclic) bond motifs is 5. The molecule has 0 aliphatic carbocycles. The zero-order valence-corrected chi connectivity index (χ0v) is 24.1. The molecule has 0 spiro atoms. The molecule has 40 heavy (non-hydrogen) atoms. The third-order valence-electron chi connectivity index (χ3n) is 9.32. The summed E-state index contributed by atoms with van der Waals surface area (Å²) in [6, 6.07) is 22.5. The van der Waals surface area contributed by atoms with E-state index in [9.17, 15) is 0 Å². The second kappa shape index (κ2) is 8.85. The van der Waals surface area contributed by atoms with Gasteiger partial charge in [-0.15, -0.1) is 0 Å². The van der Waals surface area contributed by atoms with Crippen LogP contribution in [-0.4, -0.2) is 35.1 Å². The molecule has 0 saturated carbocycles. The first kappa shape index (κ1) is 24.7. The Hall–Kier alpha value is -4.32. The molecule has 3 aliphatic heterocycles. The van der Waals surface area contributed by atoms with Crippen LogP contribution < -0.4 is 14.7 Å². The normalized spacial score (nSPS) is 22.6. The number of aromatic nitrogens is 2. The van der Waals surface area contributed by atoms with Gasteiger partial charge in [0.2, 0.25) is 0 Å². The molecule has 0 radical (unpaired) electrons. The van der Waals surface area contributed by atoms with E-state index in [1.54, 1.807) is 6.33 Å². The summed E-state index contributed by atoms with van der Waals surface area (Å²) >= 11 is 0. The van der Waals surface area contributed by atoms with Gasteiger partial charge in [-0.2, -0.15) is 0 Å². The van der Waals surface area contributed by atoms with Crippen LogP contribution >= 0.6 is 0 Å². The average molecular weight is 529 g/mol. The van der Waals surface area contributed by atoms with Crippen molar-refractivity contribution in [2.24, 2.45) is 0 Å². The van der Waals surface area contributed by atoms with Gasteiger partial charge in [-0.05, 0) is 62.4 Å². The van der Waals surface area contributed by atoms with Crippen molar-refractivity contribution >= 4 is 22.9 Å². The minimum Gasteiger partial charge on any atom is -0.353 e. The molecule has 4 heterocycles. The fraction of sp³-hybridized carbons (Fsp3) is 0.294. The van der Waals surface area contributed by atoms with Gasteiger partial charge >= 0.3 is 0 Å². The molecule has 202 valence electrons. The molecule has 4 aromatic rings. The third kappa shape index (κ3) is 3.35. The zero-order valence-electron chi connectivity index (χ0n) is 24.1. The van der Waals surface area contributed by atoms with Crippen LogP contribution in [0.4, 0.5) is 22.9 Å². The number of benzene rings is 3. The molecule has 3 atom stereocenters. The maximum absolute atomic E-state index is 4.66. The van der Waals surface area contributed by atoms with Crippen LogP contribution in [0.1, 0.15) is 46.2 Å². The van der Waals surface area contributed by atoms with Crippen molar-refractivity contribution in [2.75, 3.05) is 28.8 Å². The highest BCUT2D eigenvalue weighted by molar-refractivity contribution is 5.85. The second-order valence-electron chi connectivity index (χ2n) is 11.7. The first-order valence-electron chi connectivity index (χ1n) is 14.1. The van der Waals surface area contributed by atoms with Gasteiger partial charge in [0, 0.05) is 49.4 Å². The van der Waals surface area contributed by atoms with E-state index in [0.29, 0.717) is 0 Å². The summed E-state index contributed by atoms with van der Waals surface area (Å²) in [6.45, 7) is 8.99. The summed E-state index contributed by atoms with van der Waals surface area (Å²) in [7, 11) is 4.36. The number of hydrogen-bond donors (Lipinski definition) is 0. The van der Waals surface area contributed by atoms with Gasteiger partial charge in [0.15, 0.2) is 5.82 Å². The highest BCUT2D eigenvalue weighted by Crippen LogP contribution is 2.54. The predicted octanol–water partition coefficient (Wildman–Crippen LogP) is 6.75. The molecule has 0 saturated heterocycles. The van der Waals surface area contributed by atoms with Crippen LogP contribution in [0.3, 0.4) is 0 Å². The average Bonchev–Trinajstić information content (AvgIpc) is 3.53. The largest absolute Gasteiger partial charge is 0.353 e. The van der Waals surface area contributed by atoms with E-state index >= 15 is 0 Å². The molecule has 0 amide bonds. The summed E-state index contributed by atoms with van der Waals surface area (Å²) in [5.74, 6) is 1.27. The van der Waals surface area contributed by atoms with Gasteiger partial charge in [0.1, 0.15) is 23.8 Å². The Morgan fingerprint density at radius 1 is 0.875 bits per heavy atom. The minimum atomic E-state index is -0.366. The summed E-state index contributed by atoms with van der Waals surface area (Å²) in [5.41, 5.74) is 11.2. The van der Waals surface area contributed by atoms with E-state index in [1.807, 2.05) is 6.20 Å². The number of nitrogens with zero attached hydrogens (tertiary/aromatic N) is 6. The van der Waals surface area contributed by atoms with Crippen molar-refractivity contribution in [3.63, 3.8) is 0 Å². The van der Waals surface area contributed by atoms with Crippen molar-refractivity contribution in [2.45, 2.75) is 51.9 Å². The van der Waals surface area contributed by atoms with Crippen molar-refractivity contribution in [1.29, 1.82) is 0 Å². The first-order valence-corrected chi connectivity index (χ1v) is 14.1. The molecular formula is C34H36N6. The van der Waals surface area contributed by atoms with Crippen LogP contribution in [0.2, 0.25) is 0 Å². The van der Waals surface area contributed by atoms with Gasteiger partial charge in [-0.3, -0.25) is 0 Å². The number of anilines is 4. The molecule has 0 N–H and O–H groups in total. The molecular weight excluding hydrogens is 492 g/mol. The van der Waals surface area contributed by atoms with Crippen molar-refractivity contribution in [3.8, 4) is 0 Å². The van der Waals surface area contributed by atoms with Gasteiger partial charge in [-0.1, -0.05) is 60.2 Å².